The molecule has 1 amide bonds. The number of aryl methyl sites for hydroxylation is 1. The van der Waals surface area contributed by atoms with Gasteiger partial charge in [0, 0.05) is 12.1 Å². The summed E-state index contributed by atoms with van der Waals surface area (Å²) in [6, 6.07) is 2.75. The third-order valence-electron chi connectivity index (χ3n) is 3.37. The first kappa shape index (κ1) is 19.1. The Morgan fingerprint density at radius 1 is 1.26 bits per heavy atom. The number of primary sulfonamides is 1. The van der Waals surface area contributed by atoms with E-state index in [2.05, 4.69) is 0 Å². The van der Waals surface area contributed by atoms with Gasteiger partial charge in [-0.15, -0.1) is 0 Å². The van der Waals surface area contributed by atoms with Crippen LogP contribution < -0.4 is 5.14 Å². The molecule has 0 aromatic heterocycles. The van der Waals surface area contributed by atoms with E-state index >= 15 is 0 Å². The smallest absolute Gasteiger partial charge is 0.323 e. The molecular weight excluding hydrogens is 320 g/mol. The number of carbonyl (C=O) groups excluding carboxylic acids is 1. The lowest BCUT2D eigenvalue weighted by molar-refractivity contribution is -0.137. The molecule has 7 nitrogen and oxygen atoms in total. The molecule has 0 aliphatic heterocycles. The molecule has 0 aliphatic carbocycles. The molecule has 1 rings (SSSR count). The van der Waals surface area contributed by atoms with Gasteiger partial charge >= 0.3 is 5.97 Å². The maximum absolute atomic E-state index is 12.6. The van der Waals surface area contributed by atoms with Crippen molar-refractivity contribution in [1.29, 1.82) is 0 Å². The molecule has 0 aliphatic rings. The monoisotopic (exact) mass is 342 g/mol. The fourth-order valence-electron chi connectivity index (χ4n) is 2.25. The van der Waals surface area contributed by atoms with E-state index in [1.54, 1.807) is 19.9 Å². The van der Waals surface area contributed by atoms with Gasteiger partial charge in [-0.25, -0.2) is 13.6 Å². The van der Waals surface area contributed by atoms with E-state index in [0.717, 1.165) is 0 Å². The van der Waals surface area contributed by atoms with Gasteiger partial charge in [-0.1, -0.05) is 13.8 Å². The van der Waals surface area contributed by atoms with Gasteiger partial charge in [-0.3, -0.25) is 9.59 Å². The molecule has 0 heterocycles. The highest BCUT2D eigenvalue weighted by Crippen LogP contribution is 2.21. The van der Waals surface area contributed by atoms with Crippen LogP contribution in [0.15, 0.2) is 17.0 Å². The number of nitrogens with zero attached hydrogens (tertiary/aromatic N) is 1. The number of hydrogen-bond donors (Lipinski definition) is 2. The minimum absolute atomic E-state index is 0.0718. The molecule has 0 unspecified atom stereocenters. The molecule has 0 saturated heterocycles. The Morgan fingerprint density at radius 3 is 2.26 bits per heavy atom. The van der Waals surface area contributed by atoms with Crippen LogP contribution in [0.2, 0.25) is 0 Å². The van der Waals surface area contributed by atoms with Crippen LogP contribution in [0.1, 0.15) is 35.3 Å². The molecule has 0 radical (unpaired) electrons. The second-order valence-corrected chi connectivity index (χ2v) is 7.46. The van der Waals surface area contributed by atoms with E-state index in [9.17, 15) is 18.0 Å². The molecule has 3 N–H and O–H groups in total. The fraction of sp³-hybridized carbons (Fsp3) is 0.467. The van der Waals surface area contributed by atoms with Crippen molar-refractivity contribution in [1.82, 2.24) is 4.90 Å². The standard InChI is InChI=1S/C15H22N2O5S/c1-9(2)7-17(8-14(18)19)15(20)12-5-10(3)11(4)13(6-12)23(16,21)22/h5-6,9H,7-8H2,1-4H3,(H,18,19)(H2,16,21,22). The summed E-state index contributed by atoms with van der Waals surface area (Å²) in [5.74, 6) is -1.59. The second-order valence-electron chi connectivity index (χ2n) is 5.93. The lowest BCUT2D eigenvalue weighted by Gasteiger charge is -2.23. The van der Waals surface area contributed by atoms with Gasteiger partial charge in [-0.2, -0.15) is 0 Å². The molecule has 1 aromatic rings. The minimum atomic E-state index is -3.97. The zero-order chi connectivity index (χ0) is 17.9. The van der Waals surface area contributed by atoms with Crippen LogP contribution in [0, 0.1) is 19.8 Å². The molecule has 0 fully saturated rings. The van der Waals surface area contributed by atoms with E-state index in [0.29, 0.717) is 11.1 Å². The number of hydrogen-bond acceptors (Lipinski definition) is 4. The fourth-order valence-corrected chi connectivity index (χ4v) is 3.13. The van der Waals surface area contributed by atoms with Crippen molar-refractivity contribution in [2.24, 2.45) is 11.1 Å². The first-order valence-corrected chi connectivity index (χ1v) is 8.63. The summed E-state index contributed by atoms with van der Waals surface area (Å²) in [6.45, 7) is 6.80. The van der Waals surface area contributed by atoms with Crippen LogP contribution in [0.3, 0.4) is 0 Å². The average Bonchev–Trinajstić information content (AvgIpc) is 2.37. The number of amides is 1. The van der Waals surface area contributed by atoms with E-state index < -0.39 is 28.4 Å². The van der Waals surface area contributed by atoms with Crippen LogP contribution in [0.4, 0.5) is 0 Å². The van der Waals surface area contributed by atoms with Crippen molar-refractivity contribution >= 4 is 21.9 Å². The molecule has 0 atom stereocenters. The summed E-state index contributed by atoms with van der Waals surface area (Å²) in [5.41, 5.74) is 1.18. The number of rotatable bonds is 6. The number of benzene rings is 1. The highest BCUT2D eigenvalue weighted by molar-refractivity contribution is 7.89. The van der Waals surface area contributed by atoms with Crippen molar-refractivity contribution in [3.63, 3.8) is 0 Å². The SMILES string of the molecule is Cc1cc(C(=O)N(CC(=O)O)CC(C)C)cc(S(N)(=O)=O)c1C. The van der Waals surface area contributed by atoms with Crippen LogP contribution in [-0.2, 0) is 14.8 Å². The largest absolute Gasteiger partial charge is 0.480 e. The zero-order valence-electron chi connectivity index (χ0n) is 13.7. The van der Waals surface area contributed by atoms with E-state index in [-0.39, 0.29) is 22.9 Å². The number of carbonyl (C=O) groups is 2. The molecule has 1 aromatic carbocycles. The van der Waals surface area contributed by atoms with Gasteiger partial charge in [0.05, 0.1) is 4.90 Å². The topological polar surface area (TPSA) is 118 Å². The summed E-state index contributed by atoms with van der Waals surface area (Å²) in [6.07, 6.45) is 0. The van der Waals surface area contributed by atoms with Gasteiger partial charge < -0.3 is 10.0 Å². The normalized spacial score (nSPS) is 11.6. The highest BCUT2D eigenvalue weighted by atomic mass is 32.2. The van der Waals surface area contributed by atoms with Crippen LogP contribution in [0.5, 0.6) is 0 Å². The minimum Gasteiger partial charge on any atom is -0.480 e. The lowest BCUT2D eigenvalue weighted by Crippen LogP contribution is -2.38. The predicted octanol–water partition coefficient (Wildman–Crippen LogP) is 1.13. The molecule has 0 spiro atoms. The van der Waals surface area contributed by atoms with E-state index in [1.165, 1.54) is 11.0 Å². The predicted molar refractivity (Wildman–Crippen MR) is 85.7 cm³/mol. The van der Waals surface area contributed by atoms with E-state index in [1.807, 2.05) is 13.8 Å². The number of carboxylic acids is 1. The van der Waals surface area contributed by atoms with E-state index in [4.69, 9.17) is 10.2 Å². The van der Waals surface area contributed by atoms with Crippen molar-refractivity contribution < 1.29 is 23.1 Å². The Labute approximate surface area is 136 Å². The number of sulfonamides is 1. The van der Waals surface area contributed by atoms with Gasteiger partial charge in [0.2, 0.25) is 10.0 Å². The molecule has 0 bridgehead atoms. The first-order valence-electron chi connectivity index (χ1n) is 7.08. The third-order valence-corrected chi connectivity index (χ3v) is 4.41. The number of carboxylic acid groups (broad SMARTS) is 1. The Hall–Kier alpha value is -1.93. The van der Waals surface area contributed by atoms with Gasteiger partial charge in [-0.05, 0) is 43.0 Å². The Bertz CT molecular complexity index is 726. The van der Waals surface area contributed by atoms with Gasteiger partial charge in [0.1, 0.15) is 6.54 Å². The summed E-state index contributed by atoms with van der Waals surface area (Å²) < 4.78 is 23.3. The van der Waals surface area contributed by atoms with Crippen molar-refractivity contribution in [3.05, 3.63) is 28.8 Å². The van der Waals surface area contributed by atoms with Gasteiger partial charge in [0.15, 0.2) is 0 Å². The number of aliphatic carboxylic acids is 1. The molecular formula is C15H22N2O5S. The highest BCUT2D eigenvalue weighted by Gasteiger charge is 2.23. The molecule has 0 saturated carbocycles. The first-order chi connectivity index (χ1) is 10.4. The average molecular weight is 342 g/mol. The maximum Gasteiger partial charge on any atom is 0.323 e. The quantitative estimate of drug-likeness (QED) is 0.803. The number of nitrogens with two attached hydrogens (primary N) is 1. The summed E-state index contributed by atoms with van der Waals surface area (Å²) >= 11 is 0. The molecule has 128 valence electrons. The lowest BCUT2D eigenvalue weighted by atomic mass is 10.0. The van der Waals surface area contributed by atoms with Crippen molar-refractivity contribution in [2.45, 2.75) is 32.6 Å². The maximum atomic E-state index is 12.6. The van der Waals surface area contributed by atoms with Crippen LogP contribution in [0.25, 0.3) is 0 Å². The second kappa shape index (κ2) is 7.10. The van der Waals surface area contributed by atoms with Crippen LogP contribution >= 0.6 is 0 Å². The Balaban J connectivity index is 3.35. The summed E-state index contributed by atoms with van der Waals surface area (Å²) in [4.78, 5) is 24.6. The van der Waals surface area contributed by atoms with Crippen LogP contribution in [-0.4, -0.2) is 43.4 Å². The van der Waals surface area contributed by atoms with Crippen molar-refractivity contribution in [3.8, 4) is 0 Å². The Kier molecular flexibility index (Phi) is 5.90. The van der Waals surface area contributed by atoms with Crippen molar-refractivity contribution in [2.75, 3.05) is 13.1 Å². The zero-order valence-corrected chi connectivity index (χ0v) is 14.5. The summed E-state index contributed by atoms with van der Waals surface area (Å²) in [7, 11) is -3.97. The molecule has 8 heteroatoms. The summed E-state index contributed by atoms with van der Waals surface area (Å²) in [5, 5.41) is 14.2. The van der Waals surface area contributed by atoms with Gasteiger partial charge in [0.25, 0.3) is 5.91 Å². The molecule has 23 heavy (non-hydrogen) atoms. The Morgan fingerprint density at radius 2 is 1.83 bits per heavy atom. The third kappa shape index (κ3) is 5.04.